The van der Waals surface area contributed by atoms with Gasteiger partial charge >= 0.3 is 0 Å². The average molecular weight is 318 g/mol. The molecule has 0 bridgehead atoms. The van der Waals surface area contributed by atoms with Gasteiger partial charge in [-0.3, -0.25) is 0 Å². The second-order valence-electron chi connectivity index (χ2n) is 5.41. The maximum atomic E-state index is 5.90. The van der Waals surface area contributed by atoms with Crippen molar-refractivity contribution in [3.8, 4) is 11.5 Å². The summed E-state index contributed by atoms with van der Waals surface area (Å²) < 4.78 is 13.1. The van der Waals surface area contributed by atoms with Crippen molar-refractivity contribution in [1.29, 1.82) is 0 Å². The fraction of sp³-hybridized carbons (Fsp3) is 0.529. The van der Waals surface area contributed by atoms with Gasteiger partial charge in [-0.1, -0.05) is 43.5 Å². The Balaban J connectivity index is 2.04. The number of aryl methyl sites for hydroxylation is 1. The van der Waals surface area contributed by atoms with Crippen LogP contribution in [-0.2, 0) is 19.7 Å². The Bertz CT molecular complexity index is 598. The fourth-order valence-electron chi connectivity index (χ4n) is 2.44. The number of para-hydroxylation sites is 2. The first-order valence-corrected chi connectivity index (χ1v) is 8.17. The highest BCUT2D eigenvalue weighted by molar-refractivity contribution is 5.39. The molecule has 0 aliphatic heterocycles. The smallest absolute Gasteiger partial charge is 0.161 e. The van der Waals surface area contributed by atoms with Crippen LogP contribution in [-0.4, -0.2) is 22.1 Å². The molecule has 126 valence electrons. The molecule has 2 N–H and O–H groups in total. The Labute approximate surface area is 137 Å². The van der Waals surface area contributed by atoms with Crippen molar-refractivity contribution in [3.05, 3.63) is 35.7 Å². The van der Waals surface area contributed by atoms with Crippen molar-refractivity contribution in [2.75, 3.05) is 7.11 Å². The van der Waals surface area contributed by atoms with E-state index in [0.717, 1.165) is 24.4 Å². The van der Waals surface area contributed by atoms with Gasteiger partial charge in [0.05, 0.1) is 7.11 Å². The van der Waals surface area contributed by atoms with Crippen molar-refractivity contribution in [2.45, 2.75) is 52.3 Å². The van der Waals surface area contributed by atoms with Gasteiger partial charge in [0.25, 0.3) is 0 Å². The number of unbranched alkanes of at least 4 members (excludes halogenated alkanes) is 3. The number of hydrogen-bond donors (Lipinski definition) is 1. The summed E-state index contributed by atoms with van der Waals surface area (Å²) in [5.41, 5.74) is 7.50. The lowest BCUT2D eigenvalue weighted by molar-refractivity contribution is 0.271. The predicted octanol–water partition coefficient (Wildman–Crippen LogP) is 2.90. The largest absolute Gasteiger partial charge is 0.493 e. The van der Waals surface area contributed by atoms with Gasteiger partial charge in [0.2, 0.25) is 0 Å². The van der Waals surface area contributed by atoms with Crippen LogP contribution in [0.1, 0.15) is 44.0 Å². The molecule has 2 aromatic rings. The van der Waals surface area contributed by atoms with E-state index in [-0.39, 0.29) is 0 Å². The van der Waals surface area contributed by atoms with Gasteiger partial charge in [-0.25, -0.2) is 4.68 Å². The van der Waals surface area contributed by atoms with Crippen LogP contribution in [0.4, 0.5) is 0 Å². The molecule has 0 saturated heterocycles. The molecule has 1 aromatic carbocycles. The topological polar surface area (TPSA) is 75.2 Å². The first-order chi connectivity index (χ1) is 11.3. The van der Waals surface area contributed by atoms with Gasteiger partial charge in [0, 0.05) is 13.1 Å². The second-order valence-corrected chi connectivity index (χ2v) is 5.41. The van der Waals surface area contributed by atoms with Crippen molar-refractivity contribution in [2.24, 2.45) is 5.73 Å². The normalized spacial score (nSPS) is 10.7. The standard InChI is InChI=1S/C17H26N4O2/c1-3-4-5-8-11-21-15(14(12-18)19-20-21)13-23-17-10-7-6-9-16(17)22-2/h6-7,9-10H,3-5,8,11-13,18H2,1-2H3. The first-order valence-electron chi connectivity index (χ1n) is 8.17. The summed E-state index contributed by atoms with van der Waals surface area (Å²) in [5.74, 6) is 1.42. The Kier molecular flexibility index (Phi) is 6.87. The number of methoxy groups -OCH3 is 1. The summed E-state index contributed by atoms with van der Waals surface area (Å²) in [4.78, 5) is 0. The Morgan fingerprint density at radius 1 is 1.13 bits per heavy atom. The molecule has 6 heteroatoms. The number of hydrogen-bond acceptors (Lipinski definition) is 5. The Hall–Kier alpha value is -2.08. The van der Waals surface area contributed by atoms with E-state index in [9.17, 15) is 0 Å². The molecule has 2 rings (SSSR count). The molecule has 0 aliphatic rings. The summed E-state index contributed by atoms with van der Waals surface area (Å²) in [7, 11) is 1.63. The van der Waals surface area contributed by atoms with Gasteiger partial charge in [-0.2, -0.15) is 0 Å². The minimum atomic E-state index is 0.361. The summed E-state index contributed by atoms with van der Waals surface area (Å²) in [6.45, 7) is 3.79. The molecule has 0 aliphatic carbocycles. The number of rotatable bonds is 10. The molecular formula is C17H26N4O2. The van der Waals surface area contributed by atoms with Gasteiger partial charge in [-0.15, -0.1) is 5.10 Å². The minimum absolute atomic E-state index is 0.361. The van der Waals surface area contributed by atoms with Gasteiger partial charge in [0.1, 0.15) is 18.0 Å². The lowest BCUT2D eigenvalue weighted by Crippen LogP contribution is -2.11. The van der Waals surface area contributed by atoms with Crippen LogP contribution in [0.15, 0.2) is 24.3 Å². The molecular weight excluding hydrogens is 292 g/mol. The highest BCUT2D eigenvalue weighted by Gasteiger charge is 2.13. The fourth-order valence-corrected chi connectivity index (χ4v) is 2.44. The van der Waals surface area contributed by atoms with Gasteiger partial charge in [-0.05, 0) is 18.6 Å². The van der Waals surface area contributed by atoms with Crippen LogP contribution in [0.3, 0.4) is 0 Å². The molecule has 0 radical (unpaired) electrons. The third-order valence-corrected chi connectivity index (χ3v) is 3.77. The quantitative estimate of drug-likeness (QED) is 0.682. The third kappa shape index (κ3) is 4.69. The molecule has 0 unspecified atom stereocenters. The first kappa shape index (κ1) is 17.3. The number of nitrogens with two attached hydrogens (primary N) is 1. The highest BCUT2D eigenvalue weighted by atomic mass is 16.5. The monoisotopic (exact) mass is 318 g/mol. The van der Waals surface area contributed by atoms with E-state index in [4.69, 9.17) is 15.2 Å². The minimum Gasteiger partial charge on any atom is -0.493 e. The highest BCUT2D eigenvalue weighted by Crippen LogP contribution is 2.26. The molecule has 0 fully saturated rings. The molecule has 0 saturated carbocycles. The van der Waals surface area contributed by atoms with Crippen molar-refractivity contribution >= 4 is 0 Å². The number of nitrogens with zero attached hydrogens (tertiary/aromatic N) is 3. The zero-order valence-electron chi connectivity index (χ0n) is 14.0. The molecule has 1 heterocycles. The number of ether oxygens (including phenoxy) is 2. The number of benzene rings is 1. The van der Waals surface area contributed by atoms with E-state index in [1.54, 1.807) is 7.11 Å². The average Bonchev–Trinajstić information content (AvgIpc) is 2.99. The third-order valence-electron chi connectivity index (χ3n) is 3.77. The predicted molar refractivity (Wildman–Crippen MR) is 89.4 cm³/mol. The van der Waals surface area contributed by atoms with Crippen LogP contribution < -0.4 is 15.2 Å². The van der Waals surface area contributed by atoms with E-state index in [1.807, 2.05) is 28.9 Å². The van der Waals surface area contributed by atoms with E-state index >= 15 is 0 Å². The SMILES string of the molecule is CCCCCCn1nnc(CN)c1COc1ccccc1OC. The molecule has 0 atom stereocenters. The Morgan fingerprint density at radius 3 is 2.61 bits per heavy atom. The molecule has 6 nitrogen and oxygen atoms in total. The van der Waals surface area contributed by atoms with Crippen LogP contribution in [0.2, 0.25) is 0 Å². The van der Waals surface area contributed by atoms with Crippen LogP contribution in [0.25, 0.3) is 0 Å². The maximum absolute atomic E-state index is 5.90. The van der Waals surface area contributed by atoms with Crippen molar-refractivity contribution < 1.29 is 9.47 Å². The van der Waals surface area contributed by atoms with Crippen LogP contribution >= 0.6 is 0 Å². The number of aromatic nitrogens is 3. The van der Waals surface area contributed by atoms with E-state index in [1.165, 1.54) is 19.3 Å². The van der Waals surface area contributed by atoms with Crippen LogP contribution in [0, 0.1) is 0 Å². The van der Waals surface area contributed by atoms with Crippen molar-refractivity contribution in [1.82, 2.24) is 15.0 Å². The van der Waals surface area contributed by atoms with Gasteiger partial charge in [0.15, 0.2) is 11.5 Å². The van der Waals surface area contributed by atoms with Crippen LogP contribution in [0.5, 0.6) is 11.5 Å². The maximum Gasteiger partial charge on any atom is 0.161 e. The molecule has 23 heavy (non-hydrogen) atoms. The summed E-state index contributed by atoms with van der Waals surface area (Å²) in [6.07, 6.45) is 4.74. The zero-order chi connectivity index (χ0) is 16.5. The van der Waals surface area contributed by atoms with E-state index in [0.29, 0.717) is 24.7 Å². The molecule has 0 amide bonds. The van der Waals surface area contributed by atoms with Crippen molar-refractivity contribution in [3.63, 3.8) is 0 Å². The van der Waals surface area contributed by atoms with E-state index in [2.05, 4.69) is 17.2 Å². The van der Waals surface area contributed by atoms with Gasteiger partial charge < -0.3 is 15.2 Å². The Morgan fingerprint density at radius 2 is 1.91 bits per heavy atom. The molecule has 0 spiro atoms. The molecule has 1 aromatic heterocycles. The zero-order valence-corrected chi connectivity index (χ0v) is 14.0. The summed E-state index contributed by atoms with van der Waals surface area (Å²) in [6, 6.07) is 7.59. The van der Waals surface area contributed by atoms with E-state index < -0.39 is 0 Å². The summed E-state index contributed by atoms with van der Waals surface area (Å²) >= 11 is 0. The lowest BCUT2D eigenvalue weighted by atomic mass is 10.2. The lowest BCUT2D eigenvalue weighted by Gasteiger charge is -2.12. The summed E-state index contributed by atoms with van der Waals surface area (Å²) in [5, 5.41) is 8.38. The second kappa shape index (κ2) is 9.15.